The molecule has 0 bridgehead atoms. The monoisotopic (exact) mass is 318 g/mol. The first kappa shape index (κ1) is 14.8. The van der Waals surface area contributed by atoms with Crippen LogP contribution in [-0.4, -0.2) is 16.0 Å². The Bertz CT molecular complexity index is 933. The molecule has 2 amide bonds. The number of nitrogens with one attached hydrogen (secondary N) is 4. The van der Waals surface area contributed by atoms with Gasteiger partial charge in [-0.15, -0.1) is 0 Å². The second kappa shape index (κ2) is 5.91. The molecular formula is C15H12F2N4O2. The van der Waals surface area contributed by atoms with Crippen molar-refractivity contribution in [1.29, 1.82) is 0 Å². The molecule has 6 nitrogen and oxygen atoms in total. The van der Waals surface area contributed by atoms with Gasteiger partial charge in [0, 0.05) is 18.3 Å². The van der Waals surface area contributed by atoms with Gasteiger partial charge in [0.25, 0.3) is 0 Å². The normalized spacial score (nSPS) is 10.7. The fraction of sp³-hybridized carbons (Fsp3) is 0.0667. The lowest BCUT2D eigenvalue weighted by molar-refractivity contribution is 0.251. The van der Waals surface area contributed by atoms with Crippen LogP contribution >= 0.6 is 0 Å². The summed E-state index contributed by atoms with van der Waals surface area (Å²) in [6.45, 7) is 0.207. The summed E-state index contributed by atoms with van der Waals surface area (Å²) in [5.74, 6) is -2.02. The summed E-state index contributed by atoms with van der Waals surface area (Å²) in [5.41, 5.74) is 1.92. The predicted molar refractivity (Wildman–Crippen MR) is 81.1 cm³/mol. The number of H-pyrrole nitrogens is 2. The van der Waals surface area contributed by atoms with E-state index in [0.717, 1.165) is 17.7 Å². The van der Waals surface area contributed by atoms with Gasteiger partial charge in [0.1, 0.15) is 0 Å². The highest BCUT2D eigenvalue weighted by molar-refractivity contribution is 5.89. The first-order valence-corrected chi connectivity index (χ1v) is 6.72. The standard InChI is InChI=1S/C15H12F2N4O2/c16-10-3-2-9(6-11(10)17)19-14(22)18-7-8-1-4-12-13(5-8)21-15(23)20-12/h1-6H,7H2,(H2,18,19,22)(H2,20,21,23). The second-order valence-corrected chi connectivity index (χ2v) is 4.90. The van der Waals surface area contributed by atoms with Crippen molar-refractivity contribution in [2.75, 3.05) is 5.32 Å². The van der Waals surface area contributed by atoms with Crippen LogP contribution < -0.4 is 16.3 Å². The van der Waals surface area contributed by atoms with Crippen molar-refractivity contribution in [3.63, 3.8) is 0 Å². The van der Waals surface area contributed by atoms with Crippen molar-refractivity contribution >= 4 is 22.8 Å². The smallest absolute Gasteiger partial charge is 0.323 e. The van der Waals surface area contributed by atoms with E-state index < -0.39 is 17.7 Å². The minimum absolute atomic E-state index is 0.145. The van der Waals surface area contributed by atoms with E-state index in [1.165, 1.54) is 6.07 Å². The Balaban J connectivity index is 1.63. The van der Waals surface area contributed by atoms with Crippen molar-refractivity contribution in [2.24, 2.45) is 0 Å². The van der Waals surface area contributed by atoms with Crippen LogP contribution in [0.4, 0.5) is 19.3 Å². The number of benzene rings is 2. The highest BCUT2D eigenvalue weighted by atomic mass is 19.2. The fourth-order valence-electron chi connectivity index (χ4n) is 2.12. The largest absolute Gasteiger partial charge is 0.334 e. The number of amides is 2. The quantitative estimate of drug-likeness (QED) is 0.597. The van der Waals surface area contributed by atoms with Gasteiger partial charge in [-0.25, -0.2) is 18.4 Å². The number of fused-ring (bicyclic) bond motifs is 1. The van der Waals surface area contributed by atoms with Crippen LogP contribution in [0.5, 0.6) is 0 Å². The number of anilines is 1. The average Bonchev–Trinajstić information content (AvgIpc) is 2.88. The molecule has 0 unspecified atom stereocenters. The summed E-state index contributed by atoms with van der Waals surface area (Å²) in [6, 6.07) is 7.73. The predicted octanol–water partition coefficient (Wildman–Crippen LogP) is 2.46. The Hall–Kier alpha value is -3.16. The molecule has 2 aromatic carbocycles. The van der Waals surface area contributed by atoms with E-state index in [1.807, 2.05) is 0 Å². The van der Waals surface area contributed by atoms with Gasteiger partial charge in [0.05, 0.1) is 11.0 Å². The lowest BCUT2D eigenvalue weighted by atomic mass is 10.2. The zero-order valence-electron chi connectivity index (χ0n) is 11.7. The summed E-state index contributed by atoms with van der Waals surface area (Å²) in [5, 5.41) is 4.99. The molecule has 0 aliphatic carbocycles. The molecule has 0 atom stereocenters. The Morgan fingerprint density at radius 3 is 2.57 bits per heavy atom. The Kier molecular flexibility index (Phi) is 3.80. The van der Waals surface area contributed by atoms with E-state index in [2.05, 4.69) is 20.6 Å². The summed E-state index contributed by atoms with van der Waals surface area (Å²) in [6.07, 6.45) is 0. The van der Waals surface area contributed by atoms with Crippen molar-refractivity contribution in [1.82, 2.24) is 15.3 Å². The first-order valence-electron chi connectivity index (χ1n) is 6.72. The van der Waals surface area contributed by atoms with E-state index in [9.17, 15) is 18.4 Å². The molecule has 23 heavy (non-hydrogen) atoms. The molecule has 0 spiro atoms. The fourth-order valence-corrected chi connectivity index (χ4v) is 2.12. The lowest BCUT2D eigenvalue weighted by Gasteiger charge is -2.08. The SMILES string of the molecule is O=C(NCc1ccc2[nH]c(=O)[nH]c2c1)Nc1ccc(F)c(F)c1. The topological polar surface area (TPSA) is 89.8 Å². The van der Waals surface area contributed by atoms with Crippen LogP contribution in [0.15, 0.2) is 41.2 Å². The minimum Gasteiger partial charge on any atom is -0.334 e. The third kappa shape index (κ3) is 3.37. The maximum absolute atomic E-state index is 13.1. The van der Waals surface area contributed by atoms with Crippen LogP contribution in [0.2, 0.25) is 0 Å². The molecule has 0 radical (unpaired) electrons. The maximum atomic E-state index is 13.1. The van der Waals surface area contributed by atoms with E-state index in [-0.39, 0.29) is 17.9 Å². The van der Waals surface area contributed by atoms with Crippen molar-refractivity contribution < 1.29 is 13.6 Å². The highest BCUT2D eigenvalue weighted by Crippen LogP contribution is 2.13. The molecule has 4 N–H and O–H groups in total. The van der Waals surface area contributed by atoms with Crippen LogP contribution in [0.1, 0.15) is 5.56 Å². The molecule has 1 heterocycles. The van der Waals surface area contributed by atoms with Gasteiger partial charge < -0.3 is 20.6 Å². The molecule has 0 saturated carbocycles. The third-order valence-electron chi connectivity index (χ3n) is 3.21. The molecule has 8 heteroatoms. The van der Waals surface area contributed by atoms with Gasteiger partial charge in [0.15, 0.2) is 11.6 Å². The van der Waals surface area contributed by atoms with Crippen molar-refractivity contribution in [3.05, 3.63) is 64.1 Å². The number of hydrogen-bond donors (Lipinski definition) is 4. The van der Waals surface area contributed by atoms with Gasteiger partial charge in [-0.1, -0.05) is 6.07 Å². The summed E-state index contributed by atoms with van der Waals surface area (Å²) in [7, 11) is 0. The second-order valence-electron chi connectivity index (χ2n) is 4.90. The molecule has 0 saturated heterocycles. The number of urea groups is 1. The summed E-state index contributed by atoms with van der Waals surface area (Å²) >= 11 is 0. The number of aromatic nitrogens is 2. The van der Waals surface area contributed by atoms with E-state index >= 15 is 0 Å². The molecule has 0 fully saturated rings. The number of halogens is 2. The van der Waals surface area contributed by atoms with Crippen LogP contribution in [0.25, 0.3) is 11.0 Å². The lowest BCUT2D eigenvalue weighted by Crippen LogP contribution is -2.28. The molecule has 118 valence electrons. The summed E-state index contributed by atoms with van der Waals surface area (Å²) in [4.78, 5) is 28.2. The van der Waals surface area contributed by atoms with E-state index in [4.69, 9.17) is 0 Å². The zero-order valence-corrected chi connectivity index (χ0v) is 11.7. The van der Waals surface area contributed by atoms with Gasteiger partial charge in [-0.05, 0) is 29.8 Å². The number of imidazole rings is 1. The van der Waals surface area contributed by atoms with E-state index in [1.54, 1.807) is 18.2 Å². The summed E-state index contributed by atoms with van der Waals surface area (Å²) < 4.78 is 25.9. The Morgan fingerprint density at radius 2 is 1.78 bits per heavy atom. The zero-order chi connectivity index (χ0) is 16.4. The Morgan fingerprint density at radius 1 is 1.00 bits per heavy atom. The number of carbonyl (C=O) groups excluding carboxylic acids is 1. The van der Waals surface area contributed by atoms with Crippen LogP contribution in [0, 0.1) is 11.6 Å². The van der Waals surface area contributed by atoms with Crippen LogP contribution in [0.3, 0.4) is 0 Å². The number of carbonyl (C=O) groups is 1. The van der Waals surface area contributed by atoms with Gasteiger partial charge in [-0.2, -0.15) is 0 Å². The van der Waals surface area contributed by atoms with Gasteiger partial charge in [0.2, 0.25) is 0 Å². The van der Waals surface area contributed by atoms with Crippen molar-refractivity contribution in [2.45, 2.75) is 6.54 Å². The third-order valence-corrected chi connectivity index (χ3v) is 3.21. The maximum Gasteiger partial charge on any atom is 0.323 e. The van der Waals surface area contributed by atoms with Crippen LogP contribution in [-0.2, 0) is 6.54 Å². The van der Waals surface area contributed by atoms with E-state index in [0.29, 0.717) is 11.0 Å². The molecule has 3 rings (SSSR count). The number of hydrogen-bond acceptors (Lipinski definition) is 2. The van der Waals surface area contributed by atoms with Gasteiger partial charge in [-0.3, -0.25) is 0 Å². The molecular weight excluding hydrogens is 306 g/mol. The number of aromatic amines is 2. The Labute approximate surface area is 128 Å². The number of rotatable bonds is 3. The van der Waals surface area contributed by atoms with Crippen molar-refractivity contribution in [3.8, 4) is 0 Å². The first-order chi connectivity index (χ1) is 11.0. The minimum atomic E-state index is -1.04. The highest BCUT2D eigenvalue weighted by Gasteiger charge is 2.06. The molecule has 1 aromatic heterocycles. The molecule has 3 aromatic rings. The molecule has 0 aliphatic heterocycles. The average molecular weight is 318 g/mol. The molecule has 0 aliphatic rings. The van der Waals surface area contributed by atoms with Gasteiger partial charge >= 0.3 is 11.7 Å².